The van der Waals surface area contributed by atoms with Crippen molar-refractivity contribution in [1.29, 1.82) is 0 Å². The maximum atomic E-state index is 10.6. The molecule has 1 heterocycles. The summed E-state index contributed by atoms with van der Waals surface area (Å²) in [5.41, 5.74) is 0. The Labute approximate surface area is 101 Å². The highest BCUT2D eigenvalue weighted by atomic mass is 16.5. The van der Waals surface area contributed by atoms with Gasteiger partial charge < -0.3 is 15.4 Å². The highest BCUT2D eigenvalue weighted by Crippen LogP contribution is 2.10. The number of anilines is 1. The van der Waals surface area contributed by atoms with Crippen molar-refractivity contribution in [1.82, 2.24) is 15.3 Å². The van der Waals surface area contributed by atoms with Crippen molar-refractivity contribution in [3.8, 4) is 5.88 Å². The minimum Gasteiger partial charge on any atom is -0.478 e. The van der Waals surface area contributed by atoms with Gasteiger partial charge in [-0.3, -0.25) is 4.79 Å². The second-order valence-electron chi connectivity index (χ2n) is 3.50. The van der Waals surface area contributed by atoms with Crippen LogP contribution in [0.3, 0.4) is 0 Å². The lowest BCUT2D eigenvalue weighted by Crippen LogP contribution is -2.26. The largest absolute Gasteiger partial charge is 0.478 e. The Hall–Kier alpha value is -1.85. The molecule has 0 aliphatic rings. The maximum Gasteiger partial charge on any atom is 0.218 e. The van der Waals surface area contributed by atoms with Gasteiger partial charge in [-0.2, -0.15) is 0 Å². The maximum absolute atomic E-state index is 10.6. The van der Waals surface area contributed by atoms with Gasteiger partial charge in [-0.1, -0.05) is 6.92 Å². The normalized spacial score (nSPS) is 9.76. The van der Waals surface area contributed by atoms with Crippen molar-refractivity contribution in [3.63, 3.8) is 0 Å². The van der Waals surface area contributed by atoms with Gasteiger partial charge in [0, 0.05) is 26.1 Å². The predicted molar refractivity (Wildman–Crippen MR) is 65.0 cm³/mol. The van der Waals surface area contributed by atoms with E-state index < -0.39 is 0 Å². The number of carbonyl (C=O) groups excluding carboxylic acids is 1. The van der Waals surface area contributed by atoms with Crippen molar-refractivity contribution >= 4 is 11.7 Å². The highest BCUT2D eigenvalue weighted by Gasteiger charge is 1.99. The van der Waals surface area contributed by atoms with Gasteiger partial charge >= 0.3 is 0 Å². The van der Waals surface area contributed by atoms with Crippen LogP contribution in [0.15, 0.2) is 12.4 Å². The first-order chi connectivity index (χ1) is 8.22. The third-order valence-electron chi connectivity index (χ3n) is 1.90. The average Bonchev–Trinajstić information content (AvgIpc) is 2.32. The van der Waals surface area contributed by atoms with Crippen LogP contribution in [0, 0.1) is 0 Å². The van der Waals surface area contributed by atoms with Crippen LogP contribution >= 0.6 is 0 Å². The summed E-state index contributed by atoms with van der Waals surface area (Å²) < 4.78 is 5.38. The molecule has 1 aromatic rings. The lowest BCUT2D eigenvalue weighted by Gasteiger charge is -2.07. The minimum atomic E-state index is -0.0403. The fourth-order valence-corrected chi connectivity index (χ4v) is 1.15. The third kappa shape index (κ3) is 5.70. The summed E-state index contributed by atoms with van der Waals surface area (Å²) in [7, 11) is 0. The fourth-order valence-electron chi connectivity index (χ4n) is 1.15. The molecule has 6 heteroatoms. The zero-order valence-corrected chi connectivity index (χ0v) is 10.2. The quantitative estimate of drug-likeness (QED) is 0.688. The van der Waals surface area contributed by atoms with Crippen molar-refractivity contribution in [3.05, 3.63) is 12.4 Å². The van der Waals surface area contributed by atoms with Crippen LogP contribution in [0.4, 0.5) is 5.82 Å². The molecule has 0 atom stereocenters. The van der Waals surface area contributed by atoms with Crippen LogP contribution < -0.4 is 15.4 Å². The molecular formula is C11H18N4O2. The summed E-state index contributed by atoms with van der Waals surface area (Å²) >= 11 is 0. The van der Waals surface area contributed by atoms with Crippen LogP contribution in [-0.2, 0) is 4.79 Å². The number of nitrogens with one attached hydrogen (secondary N) is 2. The van der Waals surface area contributed by atoms with Gasteiger partial charge in [-0.15, -0.1) is 0 Å². The number of ether oxygens (including phenoxy) is 1. The molecule has 1 amide bonds. The minimum absolute atomic E-state index is 0.0403. The van der Waals surface area contributed by atoms with E-state index in [1.807, 2.05) is 6.92 Å². The molecule has 0 aliphatic carbocycles. The lowest BCUT2D eigenvalue weighted by molar-refractivity contribution is -0.118. The Morgan fingerprint density at radius 1 is 1.41 bits per heavy atom. The summed E-state index contributed by atoms with van der Waals surface area (Å²) in [6, 6.07) is 1.74. The Morgan fingerprint density at radius 2 is 2.24 bits per heavy atom. The van der Waals surface area contributed by atoms with Gasteiger partial charge in [-0.25, -0.2) is 9.97 Å². The van der Waals surface area contributed by atoms with Gasteiger partial charge in [0.25, 0.3) is 0 Å². The van der Waals surface area contributed by atoms with Crippen LogP contribution in [0.25, 0.3) is 0 Å². The fraction of sp³-hybridized carbons (Fsp3) is 0.545. The number of amides is 1. The van der Waals surface area contributed by atoms with Gasteiger partial charge in [0.1, 0.15) is 12.1 Å². The van der Waals surface area contributed by atoms with Crippen molar-refractivity contribution in [2.24, 2.45) is 0 Å². The Kier molecular flexibility index (Phi) is 5.77. The summed E-state index contributed by atoms with van der Waals surface area (Å²) in [6.45, 7) is 5.34. The van der Waals surface area contributed by atoms with Crippen LogP contribution in [0.2, 0.25) is 0 Å². The van der Waals surface area contributed by atoms with E-state index in [4.69, 9.17) is 4.74 Å². The molecule has 1 rings (SSSR count). The van der Waals surface area contributed by atoms with E-state index in [1.54, 1.807) is 6.07 Å². The average molecular weight is 238 g/mol. The van der Waals surface area contributed by atoms with Gasteiger partial charge in [0.05, 0.1) is 6.61 Å². The van der Waals surface area contributed by atoms with Gasteiger partial charge in [0.2, 0.25) is 11.8 Å². The van der Waals surface area contributed by atoms with E-state index in [9.17, 15) is 4.79 Å². The third-order valence-corrected chi connectivity index (χ3v) is 1.90. The zero-order chi connectivity index (χ0) is 12.5. The van der Waals surface area contributed by atoms with E-state index in [0.717, 1.165) is 6.42 Å². The van der Waals surface area contributed by atoms with Crippen LogP contribution in [-0.4, -0.2) is 35.6 Å². The number of hydrogen-bond acceptors (Lipinski definition) is 5. The SMILES string of the molecule is CCCOc1cc(NCCNC(C)=O)ncn1. The van der Waals surface area contributed by atoms with Crippen LogP contribution in [0.1, 0.15) is 20.3 Å². The van der Waals surface area contributed by atoms with Crippen molar-refractivity contribution in [2.45, 2.75) is 20.3 Å². The Bertz CT molecular complexity index is 357. The van der Waals surface area contributed by atoms with E-state index in [2.05, 4.69) is 20.6 Å². The molecule has 0 radical (unpaired) electrons. The molecule has 0 fully saturated rings. The molecule has 0 aliphatic heterocycles. The van der Waals surface area contributed by atoms with Gasteiger partial charge in [0.15, 0.2) is 0 Å². The van der Waals surface area contributed by atoms with E-state index in [1.165, 1.54) is 13.3 Å². The highest BCUT2D eigenvalue weighted by molar-refractivity contribution is 5.72. The number of aromatic nitrogens is 2. The standard InChI is InChI=1S/C11H18N4O2/c1-3-6-17-11-7-10(14-8-15-11)13-5-4-12-9(2)16/h7-8H,3-6H2,1-2H3,(H,12,16)(H,13,14,15). The Morgan fingerprint density at radius 3 is 2.94 bits per heavy atom. The predicted octanol–water partition coefficient (Wildman–Crippen LogP) is 0.813. The topological polar surface area (TPSA) is 76.1 Å². The number of nitrogens with zero attached hydrogens (tertiary/aromatic N) is 2. The second-order valence-corrected chi connectivity index (χ2v) is 3.50. The Balaban J connectivity index is 2.34. The summed E-state index contributed by atoms with van der Waals surface area (Å²) in [6.07, 6.45) is 2.39. The summed E-state index contributed by atoms with van der Waals surface area (Å²) in [5, 5.41) is 5.76. The second kappa shape index (κ2) is 7.43. The smallest absolute Gasteiger partial charge is 0.218 e. The number of rotatable bonds is 7. The van der Waals surface area contributed by atoms with Crippen LogP contribution in [0.5, 0.6) is 5.88 Å². The van der Waals surface area contributed by atoms with Gasteiger partial charge in [-0.05, 0) is 6.42 Å². The molecule has 0 unspecified atom stereocenters. The van der Waals surface area contributed by atoms with Crippen molar-refractivity contribution < 1.29 is 9.53 Å². The van der Waals surface area contributed by atoms with E-state index in [-0.39, 0.29) is 5.91 Å². The zero-order valence-electron chi connectivity index (χ0n) is 10.2. The molecule has 0 bridgehead atoms. The monoisotopic (exact) mass is 238 g/mol. The number of hydrogen-bond donors (Lipinski definition) is 2. The number of carbonyl (C=O) groups is 1. The summed E-state index contributed by atoms with van der Waals surface area (Å²) in [4.78, 5) is 18.7. The first kappa shape index (κ1) is 13.2. The first-order valence-electron chi connectivity index (χ1n) is 5.65. The molecule has 0 spiro atoms. The molecule has 0 saturated heterocycles. The van der Waals surface area contributed by atoms with E-state index >= 15 is 0 Å². The lowest BCUT2D eigenvalue weighted by atomic mass is 10.5. The molecule has 0 saturated carbocycles. The molecule has 17 heavy (non-hydrogen) atoms. The molecule has 0 aromatic carbocycles. The molecular weight excluding hydrogens is 220 g/mol. The molecule has 6 nitrogen and oxygen atoms in total. The molecule has 1 aromatic heterocycles. The molecule has 94 valence electrons. The molecule has 2 N–H and O–H groups in total. The van der Waals surface area contributed by atoms with Crippen molar-refractivity contribution in [2.75, 3.05) is 25.0 Å². The first-order valence-corrected chi connectivity index (χ1v) is 5.65. The van der Waals surface area contributed by atoms with E-state index in [0.29, 0.717) is 31.4 Å². The summed E-state index contributed by atoms with van der Waals surface area (Å²) in [5.74, 6) is 1.21.